The second kappa shape index (κ2) is 5.27. The Hall–Kier alpha value is -1.88. The van der Waals surface area contributed by atoms with E-state index in [0.717, 1.165) is 0 Å². The maximum absolute atomic E-state index is 10.9. The Labute approximate surface area is 93.3 Å². The molecule has 0 aromatic heterocycles. The molecule has 5 heteroatoms. The molecule has 16 heavy (non-hydrogen) atoms. The minimum Gasteiger partial charge on any atom is -0.481 e. The lowest BCUT2D eigenvalue weighted by Gasteiger charge is -2.11. The minimum atomic E-state index is -0.970. The molecule has 1 aromatic carbocycles. The normalized spacial score (nSPS) is 11.9. The predicted molar refractivity (Wildman–Crippen MR) is 60.2 cm³/mol. The van der Waals surface area contributed by atoms with Crippen molar-refractivity contribution in [1.29, 1.82) is 0 Å². The molecule has 0 heterocycles. The fourth-order valence-corrected chi connectivity index (χ4v) is 1.42. The minimum absolute atomic E-state index is 0.0266. The van der Waals surface area contributed by atoms with Crippen molar-refractivity contribution in [2.45, 2.75) is 12.8 Å². The fraction of sp³-hybridized carbons (Fsp3) is 0.273. The maximum atomic E-state index is 10.9. The predicted octanol–water partition coefficient (Wildman–Crippen LogP) is 0.772. The fourth-order valence-electron chi connectivity index (χ4n) is 1.42. The van der Waals surface area contributed by atoms with Crippen LogP contribution < -0.4 is 11.1 Å². The van der Waals surface area contributed by atoms with Crippen LogP contribution in [-0.4, -0.2) is 23.5 Å². The summed E-state index contributed by atoms with van der Waals surface area (Å²) in [6.07, 6.45) is 0. The molecule has 0 aliphatic carbocycles. The molecule has 0 bridgehead atoms. The molecule has 0 aliphatic rings. The molecule has 4 N–H and O–H groups in total. The van der Waals surface area contributed by atoms with Gasteiger partial charge in [0.05, 0.1) is 5.92 Å². The smallest absolute Gasteiger partial charge is 0.312 e. The van der Waals surface area contributed by atoms with Crippen LogP contribution in [0, 0.1) is 0 Å². The van der Waals surface area contributed by atoms with Gasteiger partial charge in [-0.15, -0.1) is 0 Å². The van der Waals surface area contributed by atoms with Crippen molar-refractivity contribution in [3.8, 4) is 0 Å². The lowest BCUT2D eigenvalue weighted by molar-refractivity contribution is -0.138. The maximum Gasteiger partial charge on any atom is 0.312 e. The van der Waals surface area contributed by atoms with E-state index in [1.807, 2.05) is 0 Å². The van der Waals surface area contributed by atoms with Gasteiger partial charge < -0.3 is 16.2 Å². The van der Waals surface area contributed by atoms with Crippen LogP contribution >= 0.6 is 0 Å². The van der Waals surface area contributed by atoms with Crippen molar-refractivity contribution in [3.63, 3.8) is 0 Å². The number of hydrogen-bond donors (Lipinski definition) is 3. The van der Waals surface area contributed by atoms with Gasteiger partial charge >= 0.3 is 5.97 Å². The molecule has 1 atom stereocenters. The zero-order valence-corrected chi connectivity index (χ0v) is 8.93. The van der Waals surface area contributed by atoms with Crippen LogP contribution in [0.1, 0.15) is 18.4 Å². The first-order valence-electron chi connectivity index (χ1n) is 4.85. The third-order valence-electron chi connectivity index (χ3n) is 2.14. The Kier molecular flexibility index (Phi) is 4.02. The Morgan fingerprint density at radius 2 is 2.19 bits per heavy atom. The van der Waals surface area contributed by atoms with Crippen molar-refractivity contribution >= 4 is 17.6 Å². The number of aliphatic carboxylic acids is 1. The van der Waals surface area contributed by atoms with Crippen LogP contribution in [0.3, 0.4) is 0 Å². The van der Waals surface area contributed by atoms with Gasteiger partial charge in [-0.2, -0.15) is 0 Å². The average Bonchev–Trinajstić information content (AvgIpc) is 2.17. The molecule has 1 rings (SSSR count). The summed E-state index contributed by atoms with van der Waals surface area (Å²) in [7, 11) is 0. The molecule has 0 saturated carbocycles. The number of nitrogens with two attached hydrogens (primary N) is 1. The van der Waals surface area contributed by atoms with Gasteiger partial charge in [0.1, 0.15) is 0 Å². The zero-order valence-electron chi connectivity index (χ0n) is 8.93. The van der Waals surface area contributed by atoms with E-state index in [1.54, 1.807) is 24.3 Å². The van der Waals surface area contributed by atoms with Crippen LogP contribution in [0.25, 0.3) is 0 Å². The van der Waals surface area contributed by atoms with E-state index >= 15 is 0 Å². The van der Waals surface area contributed by atoms with E-state index in [4.69, 9.17) is 10.8 Å². The summed E-state index contributed by atoms with van der Waals surface area (Å²) >= 11 is 0. The molecule has 0 radical (unpaired) electrons. The number of nitrogens with one attached hydrogen (secondary N) is 1. The van der Waals surface area contributed by atoms with Gasteiger partial charge in [-0.05, 0) is 17.7 Å². The second-order valence-corrected chi connectivity index (χ2v) is 3.43. The first-order chi connectivity index (χ1) is 7.54. The van der Waals surface area contributed by atoms with Crippen molar-refractivity contribution in [2.24, 2.45) is 5.73 Å². The average molecular weight is 222 g/mol. The lowest BCUT2D eigenvalue weighted by atomic mass is 9.99. The summed E-state index contributed by atoms with van der Waals surface area (Å²) in [6.45, 7) is 1.42. The number of amides is 1. The standard InChI is InChI=1S/C11H14N2O3/c1-7(14)13-9-4-2-3-8(5-9)10(6-12)11(15)16/h2-5,10H,6,12H2,1H3,(H,13,14)(H,15,16). The molecular formula is C11H14N2O3. The van der Waals surface area contributed by atoms with E-state index in [2.05, 4.69) is 5.32 Å². The van der Waals surface area contributed by atoms with Crippen molar-refractivity contribution in [3.05, 3.63) is 29.8 Å². The first kappa shape index (κ1) is 12.2. The van der Waals surface area contributed by atoms with Crippen LogP contribution in [0.4, 0.5) is 5.69 Å². The van der Waals surface area contributed by atoms with Crippen molar-refractivity contribution < 1.29 is 14.7 Å². The summed E-state index contributed by atoms with van der Waals surface area (Å²) in [5, 5.41) is 11.5. The molecule has 0 spiro atoms. The summed E-state index contributed by atoms with van der Waals surface area (Å²) in [5.41, 5.74) is 6.55. The Bertz CT molecular complexity index is 404. The molecule has 0 fully saturated rings. The van der Waals surface area contributed by atoms with Crippen molar-refractivity contribution in [2.75, 3.05) is 11.9 Å². The van der Waals surface area contributed by atoms with Gasteiger partial charge in [0.2, 0.25) is 5.91 Å². The first-order valence-corrected chi connectivity index (χ1v) is 4.85. The zero-order chi connectivity index (χ0) is 12.1. The van der Waals surface area contributed by atoms with Gasteiger partial charge in [-0.3, -0.25) is 9.59 Å². The molecule has 0 saturated heterocycles. The van der Waals surface area contributed by atoms with E-state index in [-0.39, 0.29) is 12.5 Å². The number of carbonyl (C=O) groups excluding carboxylic acids is 1. The van der Waals surface area contributed by atoms with Crippen LogP contribution in [0.2, 0.25) is 0 Å². The SMILES string of the molecule is CC(=O)Nc1cccc(C(CN)C(=O)O)c1. The van der Waals surface area contributed by atoms with Crippen molar-refractivity contribution in [1.82, 2.24) is 0 Å². The highest BCUT2D eigenvalue weighted by atomic mass is 16.4. The number of benzene rings is 1. The Balaban J connectivity index is 2.96. The van der Waals surface area contributed by atoms with Gasteiger partial charge in [0, 0.05) is 19.2 Å². The Morgan fingerprint density at radius 1 is 1.50 bits per heavy atom. The van der Waals surface area contributed by atoms with E-state index in [0.29, 0.717) is 11.3 Å². The third kappa shape index (κ3) is 3.06. The molecule has 5 nitrogen and oxygen atoms in total. The van der Waals surface area contributed by atoms with E-state index in [9.17, 15) is 9.59 Å². The summed E-state index contributed by atoms with van der Waals surface area (Å²) in [5.74, 6) is -1.91. The molecule has 86 valence electrons. The summed E-state index contributed by atoms with van der Waals surface area (Å²) in [4.78, 5) is 21.7. The number of carboxylic acid groups (broad SMARTS) is 1. The molecule has 1 aromatic rings. The largest absolute Gasteiger partial charge is 0.481 e. The highest BCUT2D eigenvalue weighted by molar-refractivity contribution is 5.89. The number of anilines is 1. The summed E-state index contributed by atoms with van der Waals surface area (Å²) in [6, 6.07) is 6.68. The van der Waals surface area contributed by atoms with Crippen LogP contribution in [0.15, 0.2) is 24.3 Å². The van der Waals surface area contributed by atoms with Gasteiger partial charge in [-0.25, -0.2) is 0 Å². The molecular weight excluding hydrogens is 208 g/mol. The van der Waals surface area contributed by atoms with Crippen LogP contribution in [0.5, 0.6) is 0 Å². The summed E-state index contributed by atoms with van der Waals surface area (Å²) < 4.78 is 0. The highest BCUT2D eigenvalue weighted by Gasteiger charge is 2.17. The number of carboxylic acids is 1. The van der Waals surface area contributed by atoms with Gasteiger partial charge in [0.25, 0.3) is 0 Å². The van der Waals surface area contributed by atoms with E-state index in [1.165, 1.54) is 6.92 Å². The second-order valence-electron chi connectivity index (χ2n) is 3.43. The molecule has 0 aliphatic heterocycles. The number of hydrogen-bond acceptors (Lipinski definition) is 3. The lowest BCUT2D eigenvalue weighted by Crippen LogP contribution is -2.21. The highest BCUT2D eigenvalue weighted by Crippen LogP contribution is 2.19. The Morgan fingerprint density at radius 3 is 2.69 bits per heavy atom. The third-order valence-corrected chi connectivity index (χ3v) is 2.14. The van der Waals surface area contributed by atoms with Gasteiger partial charge in [0.15, 0.2) is 0 Å². The number of carbonyl (C=O) groups is 2. The van der Waals surface area contributed by atoms with Gasteiger partial charge in [-0.1, -0.05) is 12.1 Å². The van der Waals surface area contributed by atoms with Crippen LogP contribution in [-0.2, 0) is 9.59 Å². The number of rotatable bonds is 4. The monoisotopic (exact) mass is 222 g/mol. The molecule has 1 amide bonds. The topological polar surface area (TPSA) is 92.4 Å². The van der Waals surface area contributed by atoms with E-state index < -0.39 is 11.9 Å². The quantitative estimate of drug-likeness (QED) is 0.701. The molecule has 1 unspecified atom stereocenters.